The molecule has 0 aliphatic rings. The van der Waals surface area contributed by atoms with Crippen LogP contribution in [0.3, 0.4) is 0 Å². The molecule has 0 bridgehead atoms. The molecule has 14 heavy (non-hydrogen) atoms. The Morgan fingerprint density at radius 3 is 2.43 bits per heavy atom. The summed E-state index contributed by atoms with van der Waals surface area (Å²) in [7, 11) is 0. The second kappa shape index (κ2) is 10.3. The fraction of sp³-hybridized carbons (Fsp3) is 0.857. The van der Waals surface area contributed by atoms with E-state index in [0.29, 0.717) is 6.61 Å². The van der Waals surface area contributed by atoms with E-state index in [1.54, 1.807) is 6.92 Å². The van der Waals surface area contributed by atoms with Crippen molar-refractivity contribution < 1.29 is 19.7 Å². The van der Waals surface area contributed by atoms with Gasteiger partial charge in [0.1, 0.15) is 6.10 Å². The Labute approximate surface area is 112 Å². The van der Waals surface area contributed by atoms with Gasteiger partial charge in [0.15, 0.2) is 6.29 Å². The van der Waals surface area contributed by atoms with Crippen molar-refractivity contribution in [2.75, 3.05) is 19.8 Å². The summed E-state index contributed by atoms with van der Waals surface area (Å²) in [4.78, 5) is 10.2. The molecule has 0 heterocycles. The van der Waals surface area contributed by atoms with Gasteiger partial charge in [0.25, 0.3) is 0 Å². The van der Waals surface area contributed by atoms with Crippen LogP contribution >= 0.6 is 12.4 Å². The third-order valence-electron chi connectivity index (χ3n) is 1.59. The molecule has 0 aliphatic heterocycles. The van der Waals surface area contributed by atoms with Crippen molar-refractivity contribution in [2.45, 2.75) is 18.6 Å². The molecular weight excluding hydrogens is 221 g/mol. The molecule has 0 rings (SSSR count). The first-order chi connectivity index (χ1) is 5.60. The number of ether oxygens (including phenoxy) is 1. The Kier molecular flexibility index (Phi) is 14.9. The first kappa shape index (κ1) is 20.2. The fourth-order valence-corrected chi connectivity index (χ4v) is 0.652. The molecule has 5 nitrogen and oxygen atoms in total. The summed E-state index contributed by atoms with van der Waals surface area (Å²) >= 11 is 0. The average molecular weight is 238 g/mol. The van der Waals surface area contributed by atoms with Crippen LogP contribution in [-0.4, -0.2) is 77.5 Å². The summed E-state index contributed by atoms with van der Waals surface area (Å²) in [5.74, 6) is 0. The molecule has 0 radical (unpaired) electrons. The molecule has 0 aliphatic carbocycles. The molecule has 2 unspecified atom stereocenters. The normalized spacial score (nSPS) is 15.7. The van der Waals surface area contributed by atoms with Gasteiger partial charge in [-0.15, -0.1) is 12.4 Å². The molecule has 82 valence electrons. The van der Waals surface area contributed by atoms with E-state index in [9.17, 15) is 4.79 Å². The number of rotatable bonds is 6. The first-order valence-corrected chi connectivity index (χ1v) is 3.71. The Balaban J connectivity index is -0.000000605. The maximum atomic E-state index is 10.2. The molecule has 0 saturated carbocycles. The van der Waals surface area contributed by atoms with Crippen LogP contribution in [0.5, 0.6) is 0 Å². The van der Waals surface area contributed by atoms with Crippen LogP contribution in [0.2, 0.25) is 0 Å². The second-order valence-corrected chi connectivity index (χ2v) is 2.61. The third kappa shape index (κ3) is 6.31. The van der Waals surface area contributed by atoms with Gasteiger partial charge in [-0.05, 0) is 6.92 Å². The van der Waals surface area contributed by atoms with Gasteiger partial charge in [-0.1, -0.05) is 0 Å². The summed E-state index contributed by atoms with van der Waals surface area (Å²) < 4.78 is 4.91. The minimum atomic E-state index is -1.39. The zero-order valence-electron chi connectivity index (χ0n) is 7.47. The number of aliphatic hydroxyl groups excluding tert-OH is 2. The topological polar surface area (TPSA) is 92.8 Å². The van der Waals surface area contributed by atoms with Gasteiger partial charge in [0.05, 0.1) is 18.8 Å². The van der Waals surface area contributed by atoms with Crippen LogP contribution in [0.25, 0.3) is 0 Å². The molecule has 0 fully saturated rings. The van der Waals surface area contributed by atoms with Gasteiger partial charge < -0.3 is 25.5 Å². The number of carbonyl (C=O) groups is 1. The van der Waals surface area contributed by atoms with Gasteiger partial charge in [-0.25, -0.2) is 0 Å². The SMILES string of the molecule is CCOCC(N)(CO)C(O)C=O.Cl.[NaH]. The van der Waals surface area contributed by atoms with E-state index in [1.165, 1.54) is 0 Å². The molecule has 2 atom stereocenters. The van der Waals surface area contributed by atoms with E-state index in [0.717, 1.165) is 0 Å². The Bertz CT molecular complexity index is 152. The molecule has 4 N–H and O–H groups in total. The standard InChI is InChI=1S/C7H15NO4.ClH.Na.H/c1-2-12-5-7(8,4-10)6(11)3-9;;;/h3,6,10-11H,2,4-5,8H2,1H3;1H;;. The summed E-state index contributed by atoms with van der Waals surface area (Å²) in [6, 6.07) is 0. The number of halogens is 1. The second-order valence-electron chi connectivity index (χ2n) is 2.61. The van der Waals surface area contributed by atoms with Crippen LogP contribution in [0, 0.1) is 0 Å². The van der Waals surface area contributed by atoms with Crippen molar-refractivity contribution in [3.63, 3.8) is 0 Å². The average Bonchev–Trinajstić information content (AvgIpc) is 2.12. The predicted molar refractivity (Wildman–Crippen MR) is 57.0 cm³/mol. The van der Waals surface area contributed by atoms with Gasteiger partial charge in [0.2, 0.25) is 0 Å². The fourth-order valence-electron chi connectivity index (χ4n) is 0.652. The molecule has 0 amide bonds. The molecule has 0 saturated heterocycles. The molecule has 7 heteroatoms. The number of hydrogen-bond acceptors (Lipinski definition) is 5. The van der Waals surface area contributed by atoms with Crippen molar-refractivity contribution in [1.29, 1.82) is 0 Å². The number of nitrogens with two attached hydrogens (primary N) is 1. The van der Waals surface area contributed by atoms with Crippen LogP contribution in [0.1, 0.15) is 6.92 Å². The number of aliphatic hydroxyl groups is 2. The van der Waals surface area contributed by atoms with Crippen LogP contribution in [0.4, 0.5) is 0 Å². The predicted octanol–water partition coefficient (Wildman–Crippen LogP) is -1.95. The third-order valence-corrected chi connectivity index (χ3v) is 1.59. The van der Waals surface area contributed by atoms with Gasteiger partial charge >= 0.3 is 29.6 Å². The summed E-state index contributed by atoms with van der Waals surface area (Å²) in [5, 5.41) is 17.9. The first-order valence-electron chi connectivity index (χ1n) is 3.71. The maximum absolute atomic E-state index is 10.2. The van der Waals surface area contributed by atoms with Crippen LogP contribution < -0.4 is 5.73 Å². The zero-order chi connectivity index (χ0) is 9.61. The van der Waals surface area contributed by atoms with E-state index in [2.05, 4.69) is 0 Å². The van der Waals surface area contributed by atoms with Crippen molar-refractivity contribution in [1.82, 2.24) is 0 Å². The van der Waals surface area contributed by atoms with Gasteiger partial charge in [0, 0.05) is 6.61 Å². The molecular formula is C7H17ClNNaO4. The van der Waals surface area contributed by atoms with Gasteiger partial charge in [-0.3, -0.25) is 0 Å². The van der Waals surface area contributed by atoms with Crippen LogP contribution in [-0.2, 0) is 9.53 Å². The number of carbonyl (C=O) groups excluding carboxylic acids is 1. The van der Waals surface area contributed by atoms with E-state index in [-0.39, 0.29) is 54.9 Å². The van der Waals surface area contributed by atoms with Crippen molar-refractivity contribution in [3.8, 4) is 0 Å². The minimum absolute atomic E-state index is 0. The number of hydrogen-bond donors (Lipinski definition) is 3. The van der Waals surface area contributed by atoms with E-state index in [1.807, 2.05) is 0 Å². The van der Waals surface area contributed by atoms with Crippen LogP contribution in [0.15, 0.2) is 0 Å². The Hall–Kier alpha value is 0.800. The van der Waals surface area contributed by atoms with Crippen molar-refractivity contribution >= 4 is 48.3 Å². The zero-order valence-corrected chi connectivity index (χ0v) is 8.29. The monoisotopic (exact) mass is 237 g/mol. The molecule has 0 aromatic heterocycles. The molecule has 0 spiro atoms. The van der Waals surface area contributed by atoms with E-state index < -0.39 is 18.2 Å². The Morgan fingerprint density at radius 2 is 2.14 bits per heavy atom. The van der Waals surface area contributed by atoms with E-state index in [4.69, 9.17) is 20.7 Å². The summed E-state index contributed by atoms with van der Waals surface area (Å²) in [6.45, 7) is 1.64. The Morgan fingerprint density at radius 1 is 1.64 bits per heavy atom. The van der Waals surface area contributed by atoms with Gasteiger partial charge in [-0.2, -0.15) is 0 Å². The molecule has 0 aromatic carbocycles. The summed E-state index contributed by atoms with van der Waals surface area (Å²) in [5.41, 5.74) is 4.10. The quantitative estimate of drug-likeness (QED) is 0.369. The molecule has 0 aromatic rings. The van der Waals surface area contributed by atoms with Crippen molar-refractivity contribution in [2.24, 2.45) is 5.73 Å². The van der Waals surface area contributed by atoms with E-state index >= 15 is 0 Å². The summed E-state index contributed by atoms with van der Waals surface area (Å²) in [6.07, 6.45) is -1.11. The van der Waals surface area contributed by atoms with Crippen molar-refractivity contribution in [3.05, 3.63) is 0 Å². The number of aldehydes is 1.